The minimum absolute atomic E-state index is 0.0184. The van der Waals surface area contributed by atoms with Crippen LogP contribution in [0.15, 0.2) is 12.1 Å². The first-order valence-corrected chi connectivity index (χ1v) is 7.45. The molecular weight excluding hydrogens is 274 g/mol. The second-order valence-corrected chi connectivity index (χ2v) is 6.47. The zero-order valence-corrected chi connectivity index (χ0v) is 12.1. The maximum Gasteiger partial charge on any atom is 0.253 e. The highest BCUT2D eigenvalue weighted by Crippen LogP contribution is 2.48. The van der Waals surface area contributed by atoms with Crippen LogP contribution in [0.1, 0.15) is 36.0 Å². The highest BCUT2D eigenvalue weighted by atomic mass is 19.1. The Hall–Kier alpha value is -1.65. The van der Waals surface area contributed by atoms with Gasteiger partial charge in [-0.1, -0.05) is 6.42 Å². The number of nitrogen functional groups attached to an aromatic ring is 1. The third-order valence-corrected chi connectivity index (χ3v) is 5.07. The van der Waals surface area contributed by atoms with Crippen molar-refractivity contribution in [2.75, 3.05) is 19.3 Å². The second-order valence-electron chi connectivity index (χ2n) is 6.47. The molecule has 0 heterocycles. The van der Waals surface area contributed by atoms with Crippen molar-refractivity contribution >= 4 is 11.6 Å². The van der Waals surface area contributed by atoms with Crippen LogP contribution in [-0.2, 0) is 0 Å². The van der Waals surface area contributed by atoms with Gasteiger partial charge in [0, 0.05) is 19.2 Å². The number of hydrogen-bond donors (Lipinski definition) is 1. The minimum Gasteiger partial charge on any atom is -0.394 e. The van der Waals surface area contributed by atoms with Gasteiger partial charge in [0.2, 0.25) is 0 Å². The molecule has 0 saturated heterocycles. The van der Waals surface area contributed by atoms with Crippen molar-refractivity contribution in [3.05, 3.63) is 29.3 Å². The van der Waals surface area contributed by atoms with Crippen molar-refractivity contribution in [3.8, 4) is 0 Å². The zero-order chi connectivity index (χ0) is 15.1. The van der Waals surface area contributed by atoms with Crippen LogP contribution >= 0.6 is 0 Å². The van der Waals surface area contributed by atoms with Gasteiger partial charge in [0.15, 0.2) is 0 Å². The summed E-state index contributed by atoms with van der Waals surface area (Å²) in [5.74, 6) is -0.0600. The molecule has 2 aliphatic carbocycles. The van der Waals surface area contributed by atoms with Crippen molar-refractivity contribution in [1.29, 1.82) is 0 Å². The van der Waals surface area contributed by atoms with Crippen LogP contribution in [0.25, 0.3) is 0 Å². The van der Waals surface area contributed by atoms with Gasteiger partial charge in [-0.2, -0.15) is 0 Å². The molecule has 3 rings (SSSR count). The first kappa shape index (κ1) is 14.3. The number of benzene rings is 1. The standard InChI is InChI=1S/C16H20F2N2O/c1-20(8-12-5-9-2-3-10(12)4-9)16(21)11-6-13(17)15(19)14(18)7-11/h6-7,9-10,12H,2-5,8,19H2,1H3. The Morgan fingerprint density at radius 1 is 1.29 bits per heavy atom. The molecule has 2 bridgehead atoms. The summed E-state index contributed by atoms with van der Waals surface area (Å²) in [5, 5.41) is 0. The highest BCUT2D eigenvalue weighted by molar-refractivity contribution is 5.94. The van der Waals surface area contributed by atoms with Crippen LogP contribution in [0, 0.1) is 29.4 Å². The summed E-state index contributed by atoms with van der Waals surface area (Å²) in [5.41, 5.74) is 4.70. The van der Waals surface area contributed by atoms with E-state index < -0.39 is 17.3 Å². The molecule has 2 aliphatic rings. The number of amides is 1. The fourth-order valence-electron chi connectivity index (χ4n) is 3.96. The Morgan fingerprint density at radius 3 is 2.48 bits per heavy atom. The summed E-state index contributed by atoms with van der Waals surface area (Å²) in [7, 11) is 1.69. The molecule has 2 N–H and O–H groups in total. The van der Waals surface area contributed by atoms with Crippen LogP contribution in [0.2, 0.25) is 0 Å². The number of carbonyl (C=O) groups excluding carboxylic acids is 1. The van der Waals surface area contributed by atoms with E-state index in [1.807, 2.05) is 0 Å². The molecule has 21 heavy (non-hydrogen) atoms. The molecule has 1 aromatic rings. The SMILES string of the molecule is CN(CC1CC2CCC1C2)C(=O)c1cc(F)c(N)c(F)c1. The Labute approximate surface area is 123 Å². The number of rotatable bonds is 3. The average molecular weight is 294 g/mol. The minimum atomic E-state index is -0.883. The summed E-state index contributed by atoms with van der Waals surface area (Å²) < 4.78 is 26.9. The fourth-order valence-corrected chi connectivity index (χ4v) is 3.96. The van der Waals surface area contributed by atoms with Gasteiger partial charge in [0.1, 0.15) is 17.3 Å². The third kappa shape index (κ3) is 2.61. The second kappa shape index (κ2) is 5.28. The van der Waals surface area contributed by atoms with Crippen LogP contribution in [0.5, 0.6) is 0 Å². The Morgan fingerprint density at radius 2 is 1.95 bits per heavy atom. The van der Waals surface area contributed by atoms with E-state index in [1.54, 1.807) is 11.9 Å². The van der Waals surface area contributed by atoms with E-state index in [-0.39, 0.29) is 11.5 Å². The molecule has 2 saturated carbocycles. The van der Waals surface area contributed by atoms with Crippen molar-refractivity contribution in [2.45, 2.75) is 25.7 Å². The van der Waals surface area contributed by atoms with E-state index in [0.29, 0.717) is 18.4 Å². The maximum absolute atomic E-state index is 13.5. The lowest BCUT2D eigenvalue weighted by molar-refractivity contribution is 0.0753. The van der Waals surface area contributed by atoms with Crippen molar-refractivity contribution in [3.63, 3.8) is 0 Å². The predicted molar refractivity (Wildman–Crippen MR) is 76.7 cm³/mol. The molecular formula is C16H20F2N2O. The van der Waals surface area contributed by atoms with E-state index in [0.717, 1.165) is 18.1 Å². The molecule has 0 radical (unpaired) electrons. The number of halogens is 2. The van der Waals surface area contributed by atoms with Crippen LogP contribution in [-0.4, -0.2) is 24.4 Å². The summed E-state index contributed by atoms with van der Waals surface area (Å²) in [6.07, 6.45) is 5.01. The van der Waals surface area contributed by atoms with Crippen molar-refractivity contribution in [1.82, 2.24) is 4.90 Å². The van der Waals surface area contributed by atoms with Gasteiger partial charge in [-0.3, -0.25) is 4.79 Å². The first-order chi connectivity index (χ1) is 9.95. The Kier molecular flexibility index (Phi) is 3.59. The van der Waals surface area contributed by atoms with Crippen LogP contribution < -0.4 is 5.73 Å². The van der Waals surface area contributed by atoms with Gasteiger partial charge in [0.25, 0.3) is 5.91 Å². The predicted octanol–water partition coefficient (Wildman–Crippen LogP) is 3.06. The fraction of sp³-hybridized carbons (Fsp3) is 0.562. The topological polar surface area (TPSA) is 46.3 Å². The lowest BCUT2D eigenvalue weighted by Gasteiger charge is -2.27. The van der Waals surface area contributed by atoms with Gasteiger partial charge in [-0.15, -0.1) is 0 Å². The molecule has 114 valence electrons. The van der Waals surface area contributed by atoms with Crippen LogP contribution in [0.3, 0.4) is 0 Å². The normalized spacial score (nSPS) is 27.1. The van der Waals surface area contributed by atoms with E-state index in [9.17, 15) is 13.6 Å². The smallest absolute Gasteiger partial charge is 0.253 e. The van der Waals surface area contributed by atoms with Crippen molar-refractivity contribution in [2.24, 2.45) is 17.8 Å². The molecule has 3 nitrogen and oxygen atoms in total. The molecule has 0 spiro atoms. The van der Waals surface area contributed by atoms with E-state index >= 15 is 0 Å². The van der Waals surface area contributed by atoms with Gasteiger partial charge in [0.05, 0.1) is 0 Å². The summed E-state index contributed by atoms with van der Waals surface area (Å²) >= 11 is 0. The molecule has 1 aromatic carbocycles. The third-order valence-electron chi connectivity index (χ3n) is 5.07. The Balaban J connectivity index is 1.70. The number of hydrogen-bond acceptors (Lipinski definition) is 2. The zero-order valence-electron chi connectivity index (χ0n) is 12.1. The quantitative estimate of drug-likeness (QED) is 0.871. The number of fused-ring (bicyclic) bond motifs is 2. The lowest BCUT2D eigenvalue weighted by atomic mass is 9.88. The molecule has 0 aliphatic heterocycles. The number of carbonyl (C=O) groups is 1. The summed E-state index contributed by atoms with van der Waals surface area (Å²) in [6, 6.07) is 2.02. The largest absolute Gasteiger partial charge is 0.394 e. The van der Waals surface area contributed by atoms with Crippen molar-refractivity contribution < 1.29 is 13.6 Å². The van der Waals surface area contributed by atoms with Crippen LogP contribution in [0.4, 0.5) is 14.5 Å². The van der Waals surface area contributed by atoms with E-state index in [2.05, 4.69) is 0 Å². The number of anilines is 1. The molecule has 3 atom stereocenters. The Bertz CT molecular complexity index is 552. The molecule has 2 fully saturated rings. The summed E-state index contributed by atoms with van der Waals surface area (Å²) in [6.45, 7) is 0.660. The molecule has 0 aromatic heterocycles. The summed E-state index contributed by atoms with van der Waals surface area (Å²) in [4.78, 5) is 13.9. The van der Waals surface area contributed by atoms with Gasteiger partial charge < -0.3 is 10.6 Å². The van der Waals surface area contributed by atoms with Gasteiger partial charge in [-0.25, -0.2) is 8.78 Å². The molecule has 5 heteroatoms. The van der Waals surface area contributed by atoms with E-state index in [1.165, 1.54) is 25.7 Å². The molecule has 1 amide bonds. The average Bonchev–Trinajstić information content (AvgIpc) is 3.05. The highest BCUT2D eigenvalue weighted by Gasteiger charge is 2.40. The van der Waals surface area contributed by atoms with Gasteiger partial charge in [-0.05, 0) is 49.1 Å². The first-order valence-electron chi connectivity index (χ1n) is 7.45. The van der Waals surface area contributed by atoms with E-state index in [4.69, 9.17) is 5.73 Å². The van der Waals surface area contributed by atoms with Gasteiger partial charge >= 0.3 is 0 Å². The molecule has 3 unspecified atom stereocenters. The lowest BCUT2D eigenvalue weighted by Crippen LogP contribution is -2.34. The monoisotopic (exact) mass is 294 g/mol. The number of nitrogens with zero attached hydrogens (tertiary/aromatic N) is 1. The number of nitrogens with two attached hydrogens (primary N) is 1. The maximum atomic E-state index is 13.5.